The van der Waals surface area contributed by atoms with Crippen LogP contribution in [0.3, 0.4) is 0 Å². The molecule has 1 atom stereocenters. The van der Waals surface area contributed by atoms with Crippen molar-refractivity contribution in [3.63, 3.8) is 0 Å². The molecule has 0 fully saturated rings. The van der Waals surface area contributed by atoms with Gasteiger partial charge in [-0.15, -0.1) is 11.3 Å². The van der Waals surface area contributed by atoms with E-state index in [0.29, 0.717) is 0 Å². The molecule has 1 N–H and O–H groups in total. The quantitative estimate of drug-likeness (QED) is 0.861. The van der Waals surface area contributed by atoms with E-state index in [-0.39, 0.29) is 11.9 Å². The maximum absolute atomic E-state index is 13.5. The predicted molar refractivity (Wildman–Crippen MR) is 78.7 cm³/mol. The molecule has 1 unspecified atom stereocenters. The fraction of sp³-hybridized carbons (Fsp3) is 0.286. The van der Waals surface area contributed by atoms with Crippen molar-refractivity contribution >= 4 is 27.3 Å². The summed E-state index contributed by atoms with van der Waals surface area (Å²) in [6, 6.07) is 7.33. The average molecular weight is 328 g/mol. The van der Waals surface area contributed by atoms with Gasteiger partial charge in [0.1, 0.15) is 5.82 Å². The minimum atomic E-state index is -0.177. The van der Waals surface area contributed by atoms with E-state index in [0.717, 1.165) is 22.1 Å². The predicted octanol–water partition coefficient (Wildman–Crippen LogP) is 4.66. The van der Waals surface area contributed by atoms with Gasteiger partial charge in [0.05, 0.1) is 6.04 Å². The maximum atomic E-state index is 13.5. The van der Waals surface area contributed by atoms with Crippen LogP contribution in [0.4, 0.5) is 4.39 Å². The third kappa shape index (κ3) is 3.19. The van der Waals surface area contributed by atoms with Crippen molar-refractivity contribution in [2.24, 2.45) is 0 Å². The lowest BCUT2D eigenvalue weighted by atomic mass is 10.0. The second-order valence-electron chi connectivity index (χ2n) is 4.22. The first-order valence-corrected chi connectivity index (χ1v) is 7.52. The Labute approximate surface area is 119 Å². The van der Waals surface area contributed by atoms with Crippen LogP contribution >= 0.6 is 27.3 Å². The van der Waals surface area contributed by atoms with Gasteiger partial charge in [-0.05, 0) is 58.7 Å². The Morgan fingerprint density at radius 1 is 1.33 bits per heavy atom. The van der Waals surface area contributed by atoms with Gasteiger partial charge in [-0.1, -0.05) is 13.0 Å². The van der Waals surface area contributed by atoms with Crippen LogP contribution in [0.25, 0.3) is 0 Å². The molecule has 0 aliphatic carbocycles. The Balaban J connectivity index is 2.40. The van der Waals surface area contributed by atoms with Crippen LogP contribution in [0.2, 0.25) is 0 Å². The molecule has 0 radical (unpaired) electrons. The van der Waals surface area contributed by atoms with Crippen molar-refractivity contribution in [1.29, 1.82) is 0 Å². The van der Waals surface area contributed by atoms with Crippen molar-refractivity contribution in [2.75, 3.05) is 6.54 Å². The fourth-order valence-corrected chi connectivity index (χ4v) is 3.54. The van der Waals surface area contributed by atoms with Crippen molar-refractivity contribution in [3.05, 3.63) is 55.9 Å². The number of benzene rings is 1. The van der Waals surface area contributed by atoms with E-state index < -0.39 is 0 Å². The molecule has 1 heterocycles. The second-order valence-corrected chi connectivity index (χ2v) is 6.08. The number of hydrogen-bond acceptors (Lipinski definition) is 2. The second kappa shape index (κ2) is 5.95. The molecule has 1 nitrogen and oxygen atoms in total. The minimum Gasteiger partial charge on any atom is -0.306 e. The molecule has 18 heavy (non-hydrogen) atoms. The summed E-state index contributed by atoms with van der Waals surface area (Å²) < 4.78 is 14.6. The van der Waals surface area contributed by atoms with Gasteiger partial charge in [-0.2, -0.15) is 0 Å². The third-order valence-electron chi connectivity index (χ3n) is 2.68. The highest BCUT2D eigenvalue weighted by molar-refractivity contribution is 9.10. The van der Waals surface area contributed by atoms with E-state index in [2.05, 4.69) is 34.2 Å². The Hall–Kier alpha value is -0.710. The number of thiophene rings is 1. The smallest absolute Gasteiger partial charge is 0.123 e. The molecule has 0 spiro atoms. The van der Waals surface area contributed by atoms with Crippen molar-refractivity contribution in [1.82, 2.24) is 5.32 Å². The highest BCUT2D eigenvalue weighted by atomic mass is 79.9. The first-order chi connectivity index (χ1) is 8.60. The standard InChI is InChI=1S/C14H15BrFNS/c1-3-17-14(13-7-11(15)8-18-13)10-4-9(2)5-12(16)6-10/h4-8,14,17H,3H2,1-2H3. The SMILES string of the molecule is CCNC(c1cc(C)cc(F)c1)c1cc(Br)cs1. The van der Waals surface area contributed by atoms with Crippen LogP contribution in [0.5, 0.6) is 0 Å². The Morgan fingerprint density at radius 3 is 2.67 bits per heavy atom. The van der Waals surface area contributed by atoms with Gasteiger partial charge in [0.15, 0.2) is 0 Å². The van der Waals surface area contributed by atoms with Gasteiger partial charge in [0, 0.05) is 14.7 Å². The summed E-state index contributed by atoms with van der Waals surface area (Å²) in [5.74, 6) is -0.177. The summed E-state index contributed by atoms with van der Waals surface area (Å²) in [5, 5.41) is 5.45. The van der Waals surface area contributed by atoms with Crippen molar-refractivity contribution in [2.45, 2.75) is 19.9 Å². The first-order valence-electron chi connectivity index (χ1n) is 5.84. The van der Waals surface area contributed by atoms with Gasteiger partial charge in [0.25, 0.3) is 0 Å². The minimum absolute atomic E-state index is 0.0562. The number of hydrogen-bond donors (Lipinski definition) is 1. The van der Waals surface area contributed by atoms with Crippen molar-refractivity contribution < 1.29 is 4.39 Å². The number of halogens is 2. The van der Waals surface area contributed by atoms with E-state index in [9.17, 15) is 4.39 Å². The van der Waals surface area contributed by atoms with Gasteiger partial charge >= 0.3 is 0 Å². The lowest BCUT2D eigenvalue weighted by Gasteiger charge is -2.17. The summed E-state index contributed by atoms with van der Waals surface area (Å²) in [4.78, 5) is 1.19. The first kappa shape index (κ1) is 13.7. The van der Waals surface area contributed by atoms with Crippen LogP contribution in [-0.2, 0) is 0 Å². The number of aryl methyl sites for hydroxylation is 1. The molecule has 0 bridgehead atoms. The van der Waals surface area contributed by atoms with Crippen LogP contribution < -0.4 is 5.32 Å². The number of nitrogens with one attached hydrogen (secondary N) is 1. The Morgan fingerprint density at radius 2 is 2.11 bits per heavy atom. The molecule has 0 saturated carbocycles. The van der Waals surface area contributed by atoms with Gasteiger partial charge < -0.3 is 5.32 Å². The molecule has 2 aromatic rings. The maximum Gasteiger partial charge on any atom is 0.123 e. The summed E-state index contributed by atoms with van der Waals surface area (Å²) in [5.41, 5.74) is 1.92. The summed E-state index contributed by atoms with van der Waals surface area (Å²) >= 11 is 5.13. The van der Waals surface area contributed by atoms with Gasteiger partial charge in [-0.3, -0.25) is 0 Å². The van der Waals surface area contributed by atoms with E-state index in [1.807, 2.05) is 18.4 Å². The zero-order valence-electron chi connectivity index (χ0n) is 10.3. The highest BCUT2D eigenvalue weighted by Crippen LogP contribution is 2.30. The summed E-state index contributed by atoms with van der Waals surface area (Å²) in [7, 11) is 0. The molecule has 0 aliphatic rings. The third-order valence-corrected chi connectivity index (χ3v) is 4.44. The monoisotopic (exact) mass is 327 g/mol. The zero-order chi connectivity index (χ0) is 13.1. The molecule has 1 aromatic carbocycles. The van der Waals surface area contributed by atoms with Crippen LogP contribution in [0.15, 0.2) is 34.1 Å². The molecule has 1 aromatic heterocycles. The summed E-state index contributed by atoms with van der Waals surface area (Å²) in [6.45, 7) is 4.82. The topological polar surface area (TPSA) is 12.0 Å². The van der Waals surface area contributed by atoms with E-state index >= 15 is 0 Å². The lowest BCUT2D eigenvalue weighted by molar-refractivity contribution is 0.605. The van der Waals surface area contributed by atoms with E-state index in [4.69, 9.17) is 0 Å². The number of rotatable bonds is 4. The molecule has 4 heteroatoms. The zero-order valence-corrected chi connectivity index (χ0v) is 12.7. The van der Waals surface area contributed by atoms with Crippen LogP contribution in [0.1, 0.15) is 29.0 Å². The van der Waals surface area contributed by atoms with Gasteiger partial charge in [-0.25, -0.2) is 4.39 Å². The molecule has 0 aliphatic heterocycles. The van der Waals surface area contributed by atoms with Crippen LogP contribution in [0, 0.1) is 12.7 Å². The molecular formula is C14H15BrFNS. The molecule has 2 rings (SSSR count). The van der Waals surface area contributed by atoms with E-state index in [1.54, 1.807) is 23.5 Å². The largest absolute Gasteiger partial charge is 0.306 e. The Kier molecular flexibility index (Phi) is 4.54. The molecular weight excluding hydrogens is 313 g/mol. The average Bonchev–Trinajstić information content (AvgIpc) is 2.71. The summed E-state index contributed by atoms with van der Waals surface area (Å²) in [6.07, 6.45) is 0. The van der Waals surface area contributed by atoms with E-state index in [1.165, 1.54) is 4.88 Å². The highest BCUT2D eigenvalue weighted by Gasteiger charge is 2.16. The molecule has 0 saturated heterocycles. The molecule has 96 valence electrons. The lowest BCUT2D eigenvalue weighted by Crippen LogP contribution is -2.21. The normalized spacial score (nSPS) is 12.7. The van der Waals surface area contributed by atoms with Crippen molar-refractivity contribution in [3.8, 4) is 0 Å². The fourth-order valence-electron chi connectivity index (χ4n) is 2.00. The Bertz CT molecular complexity index is 518. The van der Waals surface area contributed by atoms with Gasteiger partial charge in [0.2, 0.25) is 0 Å². The van der Waals surface area contributed by atoms with Crippen LogP contribution in [-0.4, -0.2) is 6.54 Å². The molecule has 0 amide bonds.